The molecule has 0 saturated heterocycles. The summed E-state index contributed by atoms with van der Waals surface area (Å²) in [5, 5.41) is 5.96. The highest BCUT2D eigenvalue weighted by Gasteiger charge is 2.19. The molecule has 100 valence electrons. The minimum Gasteiger partial charge on any atom is -0.397 e. The number of nitrogens with two attached hydrogens (primary N) is 1. The standard InChI is InChI=1S/C13H22N4O/c1-8-10(14)6-7-11(15-8)16-9(2)12(18)17-13(3,4)5/h6-7,9H,14H2,1-5H3,(H,15,16)(H,17,18). The van der Waals surface area contributed by atoms with Crippen LogP contribution in [0.4, 0.5) is 11.5 Å². The van der Waals surface area contributed by atoms with Gasteiger partial charge in [-0.3, -0.25) is 4.79 Å². The van der Waals surface area contributed by atoms with Gasteiger partial charge in [-0.2, -0.15) is 0 Å². The Morgan fingerprint density at radius 1 is 1.39 bits per heavy atom. The molecule has 0 aromatic carbocycles. The van der Waals surface area contributed by atoms with E-state index in [-0.39, 0.29) is 17.5 Å². The molecule has 1 amide bonds. The van der Waals surface area contributed by atoms with Gasteiger partial charge in [0.25, 0.3) is 0 Å². The van der Waals surface area contributed by atoms with Crippen LogP contribution < -0.4 is 16.4 Å². The third-order valence-electron chi connectivity index (χ3n) is 2.38. The lowest BCUT2D eigenvalue weighted by Gasteiger charge is -2.24. The summed E-state index contributed by atoms with van der Waals surface area (Å²) >= 11 is 0. The molecule has 0 fully saturated rings. The Morgan fingerprint density at radius 3 is 2.50 bits per heavy atom. The van der Waals surface area contributed by atoms with Gasteiger partial charge in [-0.25, -0.2) is 4.98 Å². The van der Waals surface area contributed by atoms with E-state index in [9.17, 15) is 4.79 Å². The van der Waals surface area contributed by atoms with Crippen molar-refractivity contribution in [1.29, 1.82) is 0 Å². The van der Waals surface area contributed by atoms with Crippen LogP contribution in [0.3, 0.4) is 0 Å². The van der Waals surface area contributed by atoms with Gasteiger partial charge in [0.05, 0.1) is 11.4 Å². The fourth-order valence-electron chi connectivity index (χ4n) is 1.42. The monoisotopic (exact) mass is 250 g/mol. The lowest BCUT2D eigenvalue weighted by molar-refractivity contribution is -0.122. The van der Waals surface area contributed by atoms with Crippen LogP contribution in [0.5, 0.6) is 0 Å². The third kappa shape index (κ3) is 4.24. The fraction of sp³-hybridized carbons (Fsp3) is 0.538. The van der Waals surface area contributed by atoms with E-state index in [1.54, 1.807) is 19.1 Å². The molecule has 18 heavy (non-hydrogen) atoms. The van der Waals surface area contributed by atoms with Gasteiger partial charge in [0.1, 0.15) is 11.9 Å². The van der Waals surface area contributed by atoms with Crippen molar-refractivity contribution >= 4 is 17.4 Å². The van der Waals surface area contributed by atoms with Crippen LogP contribution in [0.1, 0.15) is 33.4 Å². The van der Waals surface area contributed by atoms with E-state index >= 15 is 0 Å². The smallest absolute Gasteiger partial charge is 0.242 e. The largest absolute Gasteiger partial charge is 0.397 e. The summed E-state index contributed by atoms with van der Waals surface area (Å²) in [4.78, 5) is 16.2. The third-order valence-corrected chi connectivity index (χ3v) is 2.38. The van der Waals surface area contributed by atoms with Crippen LogP contribution in [-0.4, -0.2) is 22.5 Å². The number of nitrogen functional groups attached to an aromatic ring is 1. The second-order valence-electron chi connectivity index (χ2n) is 5.48. The molecule has 1 unspecified atom stereocenters. The molecule has 0 saturated carbocycles. The molecule has 1 heterocycles. The molecular formula is C13H22N4O. The number of aromatic nitrogens is 1. The highest BCUT2D eigenvalue weighted by atomic mass is 16.2. The van der Waals surface area contributed by atoms with E-state index in [4.69, 9.17) is 5.73 Å². The number of pyridine rings is 1. The molecule has 0 radical (unpaired) electrons. The summed E-state index contributed by atoms with van der Waals surface area (Å²) < 4.78 is 0. The van der Waals surface area contributed by atoms with Crippen molar-refractivity contribution < 1.29 is 4.79 Å². The van der Waals surface area contributed by atoms with Crippen molar-refractivity contribution in [3.05, 3.63) is 17.8 Å². The van der Waals surface area contributed by atoms with E-state index in [1.165, 1.54) is 0 Å². The maximum atomic E-state index is 11.9. The first-order chi connectivity index (χ1) is 8.19. The van der Waals surface area contributed by atoms with Gasteiger partial charge in [-0.05, 0) is 46.8 Å². The molecule has 1 rings (SSSR count). The first kappa shape index (κ1) is 14.3. The topological polar surface area (TPSA) is 80.0 Å². The van der Waals surface area contributed by atoms with Crippen molar-refractivity contribution in [3.8, 4) is 0 Å². The van der Waals surface area contributed by atoms with Crippen molar-refractivity contribution in [3.63, 3.8) is 0 Å². The molecule has 1 aromatic heterocycles. The van der Waals surface area contributed by atoms with Crippen LogP contribution >= 0.6 is 0 Å². The van der Waals surface area contributed by atoms with Gasteiger partial charge in [0, 0.05) is 5.54 Å². The van der Waals surface area contributed by atoms with Gasteiger partial charge in [0.2, 0.25) is 5.91 Å². The molecule has 1 atom stereocenters. The summed E-state index contributed by atoms with van der Waals surface area (Å²) in [6.07, 6.45) is 0. The van der Waals surface area contributed by atoms with Crippen molar-refractivity contribution in [1.82, 2.24) is 10.3 Å². The average molecular weight is 250 g/mol. The lowest BCUT2D eigenvalue weighted by Crippen LogP contribution is -2.47. The van der Waals surface area contributed by atoms with Gasteiger partial charge >= 0.3 is 0 Å². The SMILES string of the molecule is Cc1nc(NC(C)C(=O)NC(C)(C)C)ccc1N. The maximum Gasteiger partial charge on any atom is 0.242 e. The van der Waals surface area contributed by atoms with Crippen LogP contribution in [0.25, 0.3) is 0 Å². The maximum absolute atomic E-state index is 11.9. The van der Waals surface area contributed by atoms with Crippen LogP contribution in [0, 0.1) is 6.92 Å². The van der Waals surface area contributed by atoms with Crippen LogP contribution in [0.2, 0.25) is 0 Å². The Bertz CT molecular complexity index is 437. The summed E-state index contributed by atoms with van der Waals surface area (Å²) in [7, 11) is 0. The predicted octanol–water partition coefficient (Wildman–Crippen LogP) is 1.69. The quantitative estimate of drug-likeness (QED) is 0.762. The number of nitrogens with zero attached hydrogens (tertiary/aromatic N) is 1. The Kier molecular flexibility index (Phi) is 4.16. The zero-order valence-electron chi connectivity index (χ0n) is 11.7. The van der Waals surface area contributed by atoms with Gasteiger partial charge in [0.15, 0.2) is 0 Å². The number of rotatable bonds is 3. The summed E-state index contributed by atoms with van der Waals surface area (Å²) in [5.41, 5.74) is 6.85. The molecule has 4 N–H and O–H groups in total. The Balaban J connectivity index is 2.66. The molecule has 0 bridgehead atoms. The average Bonchev–Trinajstić information content (AvgIpc) is 2.21. The summed E-state index contributed by atoms with van der Waals surface area (Å²) in [6, 6.07) is 3.20. The Labute approximate surface area is 108 Å². The Morgan fingerprint density at radius 2 is 2.00 bits per heavy atom. The van der Waals surface area contributed by atoms with Gasteiger partial charge < -0.3 is 16.4 Å². The number of hydrogen-bond acceptors (Lipinski definition) is 4. The van der Waals surface area contributed by atoms with E-state index < -0.39 is 0 Å². The van der Waals surface area contributed by atoms with E-state index in [0.717, 1.165) is 5.69 Å². The first-order valence-electron chi connectivity index (χ1n) is 6.01. The molecule has 0 aliphatic rings. The molecule has 5 heteroatoms. The zero-order valence-corrected chi connectivity index (χ0v) is 11.7. The second-order valence-corrected chi connectivity index (χ2v) is 5.48. The first-order valence-corrected chi connectivity index (χ1v) is 6.01. The number of amides is 1. The van der Waals surface area contributed by atoms with E-state index in [2.05, 4.69) is 15.6 Å². The van der Waals surface area contributed by atoms with Crippen molar-refractivity contribution in [2.75, 3.05) is 11.1 Å². The predicted molar refractivity (Wildman–Crippen MR) is 74.4 cm³/mol. The number of nitrogens with one attached hydrogen (secondary N) is 2. The van der Waals surface area contributed by atoms with Crippen molar-refractivity contribution in [2.24, 2.45) is 0 Å². The Hall–Kier alpha value is -1.78. The second kappa shape index (κ2) is 5.25. The van der Waals surface area contributed by atoms with Crippen LogP contribution in [0.15, 0.2) is 12.1 Å². The van der Waals surface area contributed by atoms with E-state index in [0.29, 0.717) is 11.5 Å². The number of aryl methyl sites for hydroxylation is 1. The number of hydrogen-bond donors (Lipinski definition) is 3. The minimum absolute atomic E-state index is 0.0567. The van der Waals surface area contributed by atoms with E-state index in [1.807, 2.05) is 27.7 Å². The highest BCUT2D eigenvalue weighted by Crippen LogP contribution is 2.12. The molecule has 0 aliphatic heterocycles. The normalized spacial score (nSPS) is 12.9. The highest BCUT2D eigenvalue weighted by molar-refractivity contribution is 5.84. The fourth-order valence-corrected chi connectivity index (χ4v) is 1.42. The van der Waals surface area contributed by atoms with Crippen molar-refractivity contribution in [2.45, 2.75) is 46.2 Å². The van der Waals surface area contributed by atoms with Gasteiger partial charge in [-0.1, -0.05) is 0 Å². The summed E-state index contributed by atoms with van der Waals surface area (Å²) in [6.45, 7) is 9.48. The molecule has 0 aliphatic carbocycles. The lowest BCUT2D eigenvalue weighted by atomic mass is 10.1. The summed E-state index contributed by atoms with van der Waals surface area (Å²) in [5.74, 6) is 0.594. The molecular weight excluding hydrogens is 228 g/mol. The van der Waals surface area contributed by atoms with Gasteiger partial charge in [-0.15, -0.1) is 0 Å². The molecule has 0 spiro atoms. The molecule has 1 aromatic rings. The number of carbonyl (C=O) groups is 1. The molecule has 5 nitrogen and oxygen atoms in total. The zero-order chi connectivity index (χ0) is 13.9. The minimum atomic E-state index is -0.347. The number of carbonyl (C=O) groups excluding carboxylic acids is 1. The van der Waals surface area contributed by atoms with Crippen LogP contribution in [-0.2, 0) is 4.79 Å². The number of anilines is 2.